The van der Waals surface area contributed by atoms with E-state index in [0.717, 1.165) is 6.54 Å². The van der Waals surface area contributed by atoms with E-state index in [0.29, 0.717) is 12.1 Å². The summed E-state index contributed by atoms with van der Waals surface area (Å²) in [4.78, 5) is 27.9. The van der Waals surface area contributed by atoms with Gasteiger partial charge in [0, 0.05) is 18.7 Å². The summed E-state index contributed by atoms with van der Waals surface area (Å²) in [5.74, 6) is -0.457. The number of carbonyl (C=O) groups is 2. The van der Waals surface area contributed by atoms with Crippen LogP contribution in [-0.4, -0.2) is 60.6 Å². The van der Waals surface area contributed by atoms with E-state index >= 15 is 0 Å². The van der Waals surface area contributed by atoms with Crippen molar-refractivity contribution in [3.8, 4) is 0 Å². The predicted molar refractivity (Wildman–Crippen MR) is 89.5 cm³/mol. The Morgan fingerprint density at radius 1 is 1.48 bits per heavy atom. The van der Waals surface area contributed by atoms with E-state index in [1.807, 2.05) is 19.0 Å². The molecule has 1 N–H and O–H groups in total. The number of halogens is 1. The number of likely N-dealkylation sites (N-methyl/N-ethyl adjacent to an activating group) is 1. The fraction of sp³-hybridized carbons (Fsp3) is 0.500. The Labute approximate surface area is 140 Å². The average Bonchev–Trinajstić information content (AvgIpc) is 2.88. The van der Waals surface area contributed by atoms with E-state index < -0.39 is 11.4 Å². The van der Waals surface area contributed by atoms with Gasteiger partial charge >= 0.3 is 0 Å². The maximum Gasteiger partial charge on any atom is 0.242 e. The molecule has 1 saturated heterocycles. The summed E-state index contributed by atoms with van der Waals surface area (Å²) in [6.07, 6.45) is 0. The molecule has 0 bridgehead atoms. The summed E-state index contributed by atoms with van der Waals surface area (Å²) in [6.45, 7) is 2.91. The van der Waals surface area contributed by atoms with Crippen molar-refractivity contribution >= 4 is 23.6 Å². The lowest BCUT2D eigenvalue weighted by molar-refractivity contribution is -0.137. The van der Waals surface area contributed by atoms with Crippen LogP contribution in [0, 0.1) is 5.82 Å². The van der Waals surface area contributed by atoms with Crippen molar-refractivity contribution in [3.05, 3.63) is 35.6 Å². The molecule has 0 spiro atoms. The fourth-order valence-corrected chi connectivity index (χ4v) is 3.73. The van der Waals surface area contributed by atoms with Crippen LogP contribution < -0.4 is 5.32 Å². The molecule has 0 aliphatic carbocycles. The summed E-state index contributed by atoms with van der Waals surface area (Å²) in [7, 11) is 3.84. The molecule has 0 saturated carbocycles. The molecule has 7 heteroatoms. The van der Waals surface area contributed by atoms with Crippen LogP contribution in [0.5, 0.6) is 0 Å². The zero-order valence-corrected chi connectivity index (χ0v) is 14.4. The predicted octanol–water partition coefficient (Wildman–Crippen LogP) is 1.47. The standard InChI is InChI=1S/C16H22FN3O2S/c1-11(15(22)18-8-9-19(2)3)20-14(21)10-23-16(20)12-6-4-5-7-13(12)17/h4-7,11,16H,8-10H2,1-3H3,(H,18,22)/t11-,16+/m0/s1. The van der Waals surface area contributed by atoms with Crippen LogP contribution in [0.3, 0.4) is 0 Å². The van der Waals surface area contributed by atoms with Gasteiger partial charge in [-0.05, 0) is 27.1 Å². The maximum atomic E-state index is 14.0. The van der Waals surface area contributed by atoms with Gasteiger partial charge < -0.3 is 15.1 Å². The molecule has 1 aromatic rings. The Morgan fingerprint density at radius 2 is 2.17 bits per heavy atom. The number of rotatable bonds is 6. The number of hydrogen-bond donors (Lipinski definition) is 1. The van der Waals surface area contributed by atoms with Gasteiger partial charge in [0.25, 0.3) is 0 Å². The molecule has 2 amide bonds. The Balaban J connectivity index is 2.10. The summed E-state index contributed by atoms with van der Waals surface area (Å²) < 4.78 is 14.0. The van der Waals surface area contributed by atoms with Crippen LogP contribution in [0.25, 0.3) is 0 Å². The van der Waals surface area contributed by atoms with E-state index in [9.17, 15) is 14.0 Å². The second-order valence-corrected chi connectivity index (χ2v) is 6.82. The third kappa shape index (κ3) is 4.23. The molecule has 126 valence electrons. The molecule has 1 aliphatic rings. The SMILES string of the molecule is C[C@@H](C(=O)NCCN(C)C)N1C(=O)CS[C@@H]1c1ccccc1F. The highest BCUT2D eigenvalue weighted by Gasteiger charge is 2.39. The van der Waals surface area contributed by atoms with Gasteiger partial charge in [0.15, 0.2) is 0 Å². The molecule has 1 heterocycles. The highest BCUT2D eigenvalue weighted by atomic mass is 32.2. The molecule has 1 fully saturated rings. The van der Waals surface area contributed by atoms with Crippen molar-refractivity contribution in [1.29, 1.82) is 0 Å². The summed E-state index contributed by atoms with van der Waals surface area (Å²) in [5.41, 5.74) is 0.441. The first kappa shape index (κ1) is 17.7. The van der Waals surface area contributed by atoms with Gasteiger partial charge in [-0.15, -0.1) is 11.8 Å². The van der Waals surface area contributed by atoms with E-state index in [1.165, 1.54) is 22.7 Å². The van der Waals surface area contributed by atoms with E-state index in [1.54, 1.807) is 25.1 Å². The monoisotopic (exact) mass is 339 g/mol. The molecular formula is C16H22FN3O2S. The van der Waals surface area contributed by atoms with Crippen molar-refractivity contribution in [2.75, 3.05) is 32.9 Å². The van der Waals surface area contributed by atoms with Gasteiger partial charge in [-0.1, -0.05) is 18.2 Å². The quantitative estimate of drug-likeness (QED) is 0.853. The first-order valence-corrected chi connectivity index (χ1v) is 8.56. The molecule has 0 aromatic heterocycles. The lowest BCUT2D eigenvalue weighted by atomic mass is 10.1. The fourth-order valence-electron chi connectivity index (χ4n) is 2.45. The van der Waals surface area contributed by atoms with Crippen LogP contribution in [-0.2, 0) is 9.59 Å². The topological polar surface area (TPSA) is 52.7 Å². The number of hydrogen-bond acceptors (Lipinski definition) is 4. The van der Waals surface area contributed by atoms with E-state index in [-0.39, 0.29) is 23.4 Å². The summed E-state index contributed by atoms with van der Waals surface area (Å²) >= 11 is 1.35. The minimum Gasteiger partial charge on any atom is -0.353 e. The van der Waals surface area contributed by atoms with Gasteiger partial charge in [-0.25, -0.2) is 4.39 Å². The zero-order chi connectivity index (χ0) is 17.0. The van der Waals surface area contributed by atoms with Crippen LogP contribution in [0.1, 0.15) is 17.9 Å². The average molecular weight is 339 g/mol. The van der Waals surface area contributed by atoms with Gasteiger partial charge in [-0.3, -0.25) is 9.59 Å². The smallest absolute Gasteiger partial charge is 0.242 e. The van der Waals surface area contributed by atoms with E-state index in [2.05, 4.69) is 5.32 Å². The normalized spacial score (nSPS) is 19.3. The molecule has 0 unspecified atom stereocenters. The van der Waals surface area contributed by atoms with Crippen LogP contribution in [0.4, 0.5) is 4.39 Å². The van der Waals surface area contributed by atoms with Gasteiger partial charge in [-0.2, -0.15) is 0 Å². The third-order valence-electron chi connectivity index (χ3n) is 3.73. The maximum absolute atomic E-state index is 14.0. The number of benzene rings is 1. The number of carbonyl (C=O) groups excluding carboxylic acids is 2. The van der Waals surface area contributed by atoms with Crippen molar-refractivity contribution < 1.29 is 14.0 Å². The number of nitrogens with one attached hydrogen (secondary N) is 1. The summed E-state index contributed by atoms with van der Waals surface area (Å²) in [5, 5.41) is 2.36. The Morgan fingerprint density at radius 3 is 2.83 bits per heavy atom. The number of amides is 2. The Hall–Kier alpha value is -1.60. The minimum atomic E-state index is -0.635. The lowest BCUT2D eigenvalue weighted by Crippen LogP contribution is -2.48. The highest BCUT2D eigenvalue weighted by Crippen LogP contribution is 2.40. The number of thioether (sulfide) groups is 1. The van der Waals surface area contributed by atoms with Crippen molar-refractivity contribution in [2.45, 2.75) is 18.3 Å². The summed E-state index contributed by atoms with van der Waals surface area (Å²) in [6, 6.07) is 5.75. The van der Waals surface area contributed by atoms with Crippen molar-refractivity contribution in [2.24, 2.45) is 0 Å². The molecule has 5 nitrogen and oxygen atoms in total. The Bertz CT molecular complexity index is 582. The first-order chi connectivity index (χ1) is 10.9. The molecule has 2 atom stereocenters. The molecule has 23 heavy (non-hydrogen) atoms. The van der Waals surface area contributed by atoms with Crippen LogP contribution in [0.2, 0.25) is 0 Å². The van der Waals surface area contributed by atoms with Crippen LogP contribution in [0.15, 0.2) is 24.3 Å². The van der Waals surface area contributed by atoms with E-state index in [4.69, 9.17) is 0 Å². The van der Waals surface area contributed by atoms with Crippen molar-refractivity contribution in [1.82, 2.24) is 15.1 Å². The lowest BCUT2D eigenvalue weighted by Gasteiger charge is -2.29. The second-order valence-electron chi connectivity index (χ2n) is 5.76. The highest BCUT2D eigenvalue weighted by molar-refractivity contribution is 8.00. The van der Waals surface area contributed by atoms with Crippen LogP contribution >= 0.6 is 11.8 Å². The molecule has 0 radical (unpaired) electrons. The molecule has 1 aliphatic heterocycles. The Kier molecular flexibility index (Phi) is 6.01. The third-order valence-corrected chi connectivity index (χ3v) is 4.94. The molecule has 1 aromatic carbocycles. The number of nitrogens with zero attached hydrogens (tertiary/aromatic N) is 2. The van der Waals surface area contributed by atoms with Gasteiger partial charge in [0.2, 0.25) is 11.8 Å². The minimum absolute atomic E-state index is 0.140. The molecular weight excluding hydrogens is 317 g/mol. The van der Waals surface area contributed by atoms with Gasteiger partial charge in [0.1, 0.15) is 17.2 Å². The molecule has 2 rings (SSSR count). The zero-order valence-electron chi connectivity index (χ0n) is 13.6. The largest absolute Gasteiger partial charge is 0.353 e. The second kappa shape index (κ2) is 7.79. The van der Waals surface area contributed by atoms with Gasteiger partial charge in [0.05, 0.1) is 5.75 Å². The van der Waals surface area contributed by atoms with Crippen molar-refractivity contribution in [3.63, 3.8) is 0 Å². The first-order valence-electron chi connectivity index (χ1n) is 7.51.